The molecule has 2 aromatic carbocycles. The van der Waals surface area contributed by atoms with Crippen LogP contribution in [-0.2, 0) is 4.79 Å². The van der Waals surface area contributed by atoms with Gasteiger partial charge in [0.15, 0.2) is 0 Å². The van der Waals surface area contributed by atoms with Gasteiger partial charge in [0.1, 0.15) is 11.9 Å². The van der Waals surface area contributed by atoms with Crippen molar-refractivity contribution in [2.75, 3.05) is 26.2 Å². The minimum Gasteiger partial charge on any atom is -0.387 e. The summed E-state index contributed by atoms with van der Waals surface area (Å²) >= 11 is 0. The third kappa shape index (κ3) is 5.53. The van der Waals surface area contributed by atoms with Crippen LogP contribution in [0, 0.1) is 4.91 Å². The number of fused-ring (bicyclic) bond motifs is 1. The lowest BCUT2D eigenvalue weighted by atomic mass is 9.99. The Morgan fingerprint density at radius 3 is 2.42 bits per heavy atom. The Balaban J connectivity index is 1.56. The number of amidine groups is 1. The summed E-state index contributed by atoms with van der Waals surface area (Å²) in [5.74, 6) is 0.338. The van der Waals surface area contributed by atoms with E-state index in [0.717, 1.165) is 48.3 Å². The topological polar surface area (TPSA) is 108 Å². The van der Waals surface area contributed by atoms with Gasteiger partial charge in [-0.05, 0) is 54.7 Å². The molecule has 2 aliphatic rings. The van der Waals surface area contributed by atoms with Crippen molar-refractivity contribution in [2.45, 2.75) is 45.6 Å². The monoisotopic (exact) mass is 487 g/mol. The number of carbonyl (C=O) groups excluding carboxylic acids is 2. The molecule has 8 nitrogen and oxygen atoms in total. The fourth-order valence-corrected chi connectivity index (χ4v) is 4.77. The van der Waals surface area contributed by atoms with E-state index in [4.69, 9.17) is 5.73 Å². The molecule has 8 heteroatoms. The Bertz CT molecular complexity index is 1200. The molecule has 1 saturated heterocycles. The molecule has 2 aromatic rings. The van der Waals surface area contributed by atoms with Crippen LogP contribution in [0.25, 0.3) is 17.2 Å². The van der Waals surface area contributed by atoms with E-state index in [1.54, 1.807) is 17.0 Å². The molecular formula is C28H33N5O3. The zero-order chi connectivity index (χ0) is 25.7. The van der Waals surface area contributed by atoms with E-state index >= 15 is 0 Å². The highest BCUT2D eigenvalue weighted by molar-refractivity contribution is 6.05. The fourth-order valence-electron chi connectivity index (χ4n) is 4.77. The predicted octanol–water partition coefficient (Wildman–Crippen LogP) is 4.76. The molecule has 0 unspecified atom stereocenters. The maximum absolute atomic E-state index is 13.2. The lowest BCUT2D eigenvalue weighted by Gasteiger charge is -2.22. The van der Waals surface area contributed by atoms with E-state index in [0.29, 0.717) is 42.9 Å². The smallest absolute Gasteiger partial charge is 0.253 e. The zero-order valence-corrected chi connectivity index (χ0v) is 20.9. The van der Waals surface area contributed by atoms with E-state index in [-0.39, 0.29) is 17.9 Å². The van der Waals surface area contributed by atoms with Crippen LogP contribution in [0.3, 0.4) is 0 Å². The molecule has 0 radical (unpaired) electrons. The number of benzene rings is 2. The number of carbonyl (C=O) groups is 2. The molecule has 1 fully saturated rings. The number of nitrogens with two attached hydrogens (primary N) is 1. The summed E-state index contributed by atoms with van der Waals surface area (Å²) in [5, 5.41) is 3.07. The third-order valence-corrected chi connectivity index (χ3v) is 6.61. The number of hydrogen-bond acceptors (Lipinski definition) is 6. The molecule has 188 valence electrons. The molecule has 0 aromatic heterocycles. The molecule has 4 rings (SSSR count). The molecule has 0 bridgehead atoms. The minimum absolute atomic E-state index is 0.0160. The van der Waals surface area contributed by atoms with Crippen LogP contribution in [0.2, 0.25) is 0 Å². The standard InChI is InChI=1S/C28H33N5O3/c1-3-12-32(13-4-2)28(35)23-15-22-10-9-21(16-25(22)30-26(29)17-23)19-5-7-20(8-6-19)27(34)33-14-11-24(18-33)31-36/h5-10,15-16,24H,3-4,11-14,17-18H2,1-2H3,(H2,29,30)/t24-/m1/s1. The molecule has 0 saturated carbocycles. The number of nitrogens with zero attached hydrogens (tertiary/aromatic N) is 4. The van der Waals surface area contributed by atoms with E-state index in [2.05, 4.69) is 24.0 Å². The maximum Gasteiger partial charge on any atom is 0.253 e. The van der Waals surface area contributed by atoms with Crippen molar-refractivity contribution in [3.63, 3.8) is 0 Å². The predicted molar refractivity (Wildman–Crippen MR) is 143 cm³/mol. The van der Waals surface area contributed by atoms with Crippen LogP contribution in [-0.4, -0.2) is 59.7 Å². The molecular weight excluding hydrogens is 454 g/mol. The van der Waals surface area contributed by atoms with Gasteiger partial charge < -0.3 is 15.5 Å². The van der Waals surface area contributed by atoms with Gasteiger partial charge in [0.25, 0.3) is 5.91 Å². The van der Waals surface area contributed by atoms with Crippen molar-refractivity contribution in [2.24, 2.45) is 15.9 Å². The molecule has 0 aliphatic carbocycles. The quantitative estimate of drug-likeness (QED) is 0.542. The number of rotatable bonds is 8. The van der Waals surface area contributed by atoms with Crippen molar-refractivity contribution >= 4 is 29.4 Å². The number of amides is 2. The molecule has 0 spiro atoms. The highest BCUT2D eigenvalue weighted by Gasteiger charge is 2.27. The van der Waals surface area contributed by atoms with Gasteiger partial charge in [-0.15, -0.1) is 0 Å². The Labute approximate surface area is 211 Å². The van der Waals surface area contributed by atoms with E-state index < -0.39 is 0 Å². The molecule has 1 atom stereocenters. The normalized spacial score (nSPS) is 17.1. The summed E-state index contributed by atoms with van der Waals surface area (Å²) in [6, 6.07) is 13.0. The van der Waals surface area contributed by atoms with Crippen molar-refractivity contribution in [1.82, 2.24) is 9.80 Å². The largest absolute Gasteiger partial charge is 0.387 e. The van der Waals surface area contributed by atoms with Gasteiger partial charge in [-0.2, -0.15) is 4.91 Å². The number of nitroso groups, excluding NO2 is 1. The van der Waals surface area contributed by atoms with Gasteiger partial charge in [0, 0.05) is 49.3 Å². The first kappa shape index (κ1) is 25.3. The van der Waals surface area contributed by atoms with Crippen molar-refractivity contribution in [3.8, 4) is 11.1 Å². The van der Waals surface area contributed by atoms with E-state index in [1.807, 2.05) is 41.3 Å². The highest BCUT2D eigenvalue weighted by atomic mass is 16.3. The first-order valence-corrected chi connectivity index (χ1v) is 12.6. The van der Waals surface area contributed by atoms with Crippen LogP contribution in [0.5, 0.6) is 0 Å². The molecule has 2 heterocycles. The van der Waals surface area contributed by atoms with Crippen LogP contribution in [0.15, 0.2) is 58.2 Å². The Morgan fingerprint density at radius 2 is 1.78 bits per heavy atom. The van der Waals surface area contributed by atoms with Crippen molar-refractivity contribution in [1.29, 1.82) is 0 Å². The summed E-state index contributed by atoms with van der Waals surface area (Å²) in [5.41, 5.74) is 10.9. The maximum atomic E-state index is 13.2. The summed E-state index contributed by atoms with van der Waals surface area (Å²) in [6.45, 7) is 6.50. The van der Waals surface area contributed by atoms with Crippen LogP contribution in [0.1, 0.15) is 55.5 Å². The van der Waals surface area contributed by atoms with Gasteiger partial charge in [0.2, 0.25) is 5.91 Å². The molecule has 2 N–H and O–H groups in total. The lowest BCUT2D eigenvalue weighted by molar-refractivity contribution is -0.127. The first-order valence-electron chi connectivity index (χ1n) is 12.6. The van der Waals surface area contributed by atoms with Gasteiger partial charge >= 0.3 is 0 Å². The molecule has 2 aliphatic heterocycles. The highest BCUT2D eigenvalue weighted by Crippen LogP contribution is 2.32. The second-order valence-electron chi connectivity index (χ2n) is 9.39. The Morgan fingerprint density at radius 1 is 1.08 bits per heavy atom. The second-order valence-corrected chi connectivity index (χ2v) is 9.39. The number of aliphatic imine (C=N–C) groups is 1. The summed E-state index contributed by atoms with van der Waals surface area (Å²) in [4.78, 5) is 44.9. The average Bonchev–Trinajstić information content (AvgIpc) is 3.31. The average molecular weight is 488 g/mol. The van der Waals surface area contributed by atoms with E-state index in [1.165, 1.54) is 0 Å². The van der Waals surface area contributed by atoms with Crippen LogP contribution in [0.4, 0.5) is 5.69 Å². The number of hydrogen-bond donors (Lipinski definition) is 1. The lowest BCUT2D eigenvalue weighted by Crippen LogP contribution is -2.34. The van der Waals surface area contributed by atoms with Crippen molar-refractivity contribution < 1.29 is 9.59 Å². The fraction of sp³-hybridized carbons (Fsp3) is 0.393. The summed E-state index contributed by atoms with van der Waals surface area (Å²) < 4.78 is 0. The Kier molecular flexibility index (Phi) is 7.93. The molecule has 36 heavy (non-hydrogen) atoms. The first-order chi connectivity index (χ1) is 17.4. The third-order valence-electron chi connectivity index (χ3n) is 6.61. The zero-order valence-electron chi connectivity index (χ0n) is 20.9. The second kappa shape index (κ2) is 11.3. The van der Waals surface area contributed by atoms with Gasteiger partial charge in [-0.3, -0.25) is 9.59 Å². The van der Waals surface area contributed by atoms with Gasteiger partial charge in [-0.1, -0.05) is 43.3 Å². The molecule has 2 amide bonds. The minimum atomic E-state index is -0.313. The van der Waals surface area contributed by atoms with Crippen LogP contribution >= 0.6 is 0 Å². The Hall–Kier alpha value is -3.81. The van der Waals surface area contributed by atoms with E-state index in [9.17, 15) is 14.5 Å². The van der Waals surface area contributed by atoms with Gasteiger partial charge in [0.05, 0.1) is 5.69 Å². The number of likely N-dealkylation sites (tertiary alicyclic amines) is 1. The summed E-state index contributed by atoms with van der Waals surface area (Å²) in [7, 11) is 0. The SMILES string of the molecule is CCCN(CCC)C(=O)C1=Cc2ccc(-c3ccc(C(=O)N4CC[C@@H](N=O)C4)cc3)cc2N=C(N)C1. The van der Waals surface area contributed by atoms with Crippen molar-refractivity contribution in [3.05, 3.63) is 64.1 Å². The summed E-state index contributed by atoms with van der Waals surface area (Å²) in [6.07, 6.45) is 4.65. The van der Waals surface area contributed by atoms with Gasteiger partial charge in [-0.25, -0.2) is 4.99 Å². The van der Waals surface area contributed by atoms with Crippen LogP contribution < -0.4 is 5.73 Å².